The van der Waals surface area contributed by atoms with Gasteiger partial charge in [0.1, 0.15) is 0 Å². The maximum absolute atomic E-state index is 3.92. The van der Waals surface area contributed by atoms with E-state index in [1.807, 2.05) is 0 Å². The summed E-state index contributed by atoms with van der Waals surface area (Å²) in [5, 5.41) is 3.92. The van der Waals surface area contributed by atoms with Crippen LogP contribution < -0.4 is 5.32 Å². The lowest BCUT2D eigenvalue weighted by molar-refractivity contribution is 0.273. The molecule has 4 rings (SSSR count). The second-order valence-electron chi connectivity index (χ2n) is 7.04. The summed E-state index contributed by atoms with van der Waals surface area (Å²) in [5.74, 6) is 0. The smallest absolute Gasteiger partial charge is 0.0792 e. The Labute approximate surface area is 139 Å². The molecule has 0 amide bonds. The van der Waals surface area contributed by atoms with Crippen LogP contribution in [0.1, 0.15) is 44.7 Å². The van der Waals surface area contributed by atoms with Crippen LogP contribution in [0.15, 0.2) is 42.6 Å². The second kappa shape index (κ2) is 6.04. The van der Waals surface area contributed by atoms with E-state index in [2.05, 4.69) is 64.3 Å². The van der Waals surface area contributed by atoms with Gasteiger partial charge in [-0.1, -0.05) is 25.5 Å². The van der Waals surface area contributed by atoms with Crippen molar-refractivity contribution in [2.75, 3.05) is 25.0 Å². The molecule has 1 unspecified atom stereocenters. The minimum atomic E-state index is 0.0960. The van der Waals surface area contributed by atoms with Gasteiger partial charge >= 0.3 is 0 Å². The fourth-order valence-electron chi connectivity index (χ4n) is 4.27. The van der Waals surface area contributed by atoms with E-state index < -0.39 is 0 Å². The molecule has 0 radical (unpaired) electrons. The molecule has 0 bridgehead atoms. The Bertz CT molecular complexity index is 675. The molecule has 0 aliphatic carbocycles. The highest BCUT2D eigenvalue weighted by molar-refractivity contribution is 5.66. The number of anilines is 1. The van der Waals surface area contributed by atoms with E-state index in [0.717, 1.165) is 0 Å². The van der Waals surface area contributed by atoms with Crippen molar-refractivity contribution in [1.82, 2.24) is 9.47 Å². The number of likely N-dealkylation sites (tertiary alicyclic amines) is 1. The van der Waals surface area contributed by atoms with Crippen LogP contribution in [0.4, 0.5) is 5.69 Å². The largest absolute Gasteiger partial charge is 0.372 e. The summed E-state index contributed by atoms with van der Waals surface area (Å²) in [5.41, 5.74) is 4.09. The first kappa shape index (κ1) is 14.8. The molecule has 1 aromatic heterocycles. The van der Waals surface area contributed by atoms with Crippen molar-refractivity contribution >= 4 is 5.69 Å². The summed E-state index contributed by atoms with van der Waals surface area (Å²) in [7, 11) is 0. The molecular formula is C20H27N3. The third-order valence-corrected chi connectivity index (χ3v) is 5.54. The van der Waals surface area contributed by atoms with E-state index >= 15 is 0 Å². The zero-order chi connectivity index (χ0) is 15.7. The van der Waals surface area contributed by atoms with Crippen LogP contribution in [0.25, 0.3) is 5.69 Å². The van der Waals surface area contributed by atoms with Gasteiger partial charge in [-0.05, 0) is 63.0 Å². The fourth-order valence-corrected chi connectivity index (χ4v) is 4.27. The molecule has 3 heteroatoms. The number of aromatic nitrogens is 1. The number of hydrogen-bond acceptors (Lipinski definition) is 2. The van der Waals surface area contributed by atoms with E-state index in [4.69, 9.17) is 0 Å². The highest BCUT2D eigenvalue weighted by Gasteiger charge is 2.39. The zero-order valence-corrected chi connectivity index (χ0v) is 14.1. The van der Waals surface area contributed by atoms with Crippen LogP contribution in [0.2, 0.25) is 0 Å². The molecule has 1 aromatic carbocycles. The van der Waals surface area contributed by atoms with E-state index in [1.54, 1.807) is 0 Å². The first-order valence-corrected chi connectivity index (χ1v) is 9.10. The maximum Gasteiger partial charge on any atom is 0.0792 e. The van der Waals surface area contributed by atoms with Crippen molar-refractivity contribution in [3.8, 4) is 5.69 Å². The van der Waals surface area contributed by atoms with Crippen LogP contribution in [-0.2, 0) is 5.54 Å². The van der Waals surface area contributed by atoms with Gasteiger partial charge in [0.25, 0.3) is 0 Å². The van der Waals surface area contributed by atoms with Crippen molar-refractivity contribution in [2.24, 2.45) is 0 Å². The number of rotatable bonds is 3. The molecule has 2 aliphatic rings. The highest BCUT2D eigenvalue weighted by atomic mass is 15.2. The van der Waals surface area contributed by atoms with Gasteiger partial charge in [0, 0.05) is 18.4 Å². The molecule has 23 heavy (non-hydrogen) atoms. The topological polar surface area (TPSA) is 20.2 Å². The first-order chi connectivity index (χ1) is 11.3. The van der Waals surface area contributed by atoms with E-state index in [0.29, 0.717) is 0 Å². The Morgan fingerprint density at radius 2 is 2.00 bits per heavy atom. The van der Waals surface area contributed by atoms with Crippen LogP contribution in [-0.4, -0.2) is 29.1 Å². The molecule has 0 saturated carbocycles. The average Bonchev–Trinajstić information content (AvgIpc) is 3.00. The van der Waals surface area contributed by atoms with Crippen LogP contribution in [0, 0.1) is 0 Å². The molecule has 1 fully saturated rings. The van der Waals surface area contributed by atoms with Gasteiger partial charge in [-0.25, -0.2) is 0 Å². The summed E-state index contributed by atoms with van der Waals surface area (Å²) in [6, 6.07) is 13.2. The number of hydrogen-bond donors (Lipinski definition) is 1. The van der Waals surface area contributed by atoms with Crippen LogP contribution in [0.5, 0.6) is 0 Å². The van der Waals surface area contributed by atoms with E-state index in [-0.39, 0.29) is 5.54 Å². The van der Waals surface area contributed by atoms with Crippen molar-refractivity contribution in [3.05, 3.63) is 48.3 Å². The Hall–Kier alpha value is -1.74. The number of fused-ring (bicyclic) bond motifs is 4. The van der Waals surface area contributed by atoms with Crippen LogP contribution in [0.3, 0.4) is 0 Å². The van der Waals surface area contributed by atoms with Gasteiger partial charge in [0.15, 0.2) is 0 Å². The third-order valence-electron chi connectivity index (χ3n) is 5.54. The van der Waals surface area contributed by atoms with Gasteiger partial charge in [0.05, 0.1) is 16.9 Å². The minimum absolute atomic E-state index is 0.0960. The quantitative estimate of drug-likeness (QED) is 0.907. The highest BCUT2D eigenvalue weighted by Crippen LogP contribution is 2.43. The van der Waals surface area contributed by atoms with Gasteiger partial charge < -0.3 is 14.8 Å². The molecular weight excluding hydrogens is 282 g/mol. The minimum Gasteiger partial charge on any atom is -0.372 e. The van der Waals surface area contributed by atoms with Crippen LogP contribution >= 0.6 is 0 Å². The Morgan fingerprint density at radius 3 is 2.91 bits per heavy atom. The second-order valence-corrected chi connectivity index (χ2v) is 7.04. The molecule has 1 saturated heterocycles. The normalized spacial score (nSPS) is 23.9. The van der Waals surface area contributed by atoms with Gasteiger partial charge in [-0.2, -0.15) is 0 Å². The predicted molar refractivity (Wildman–Crippen MR) is 96.3 cm³/mol. The average molecular weight is 309 g/mol. The summed E-state index contributed by atoms with van der Waals surface area (Å²) in [6.45, 7) is 5.97. The molecule has 3 heterocycles. The zero-order valence-electron chi connectivity index (χ0n) is 14.1. The SMILES string of the molecule is CCCCN1CCCC2(CC1)Nc1ccccc1-n1cccc12. The van der Waals surface area contributed by atoms with E-state index in [9.17, 15) is 0 Å². The maximum atomic E-state index is 3.92. The molecule has 2 aliphatic heterocycles. The molecule has 1 spiro atoms. The van der Waals surface area contributed by atoms with Gasteiger partial charge in [0.2, 0.25) is 0 Å². The lowest BCUT2D eigenvalue weighted by Crippen LogP contribution is -2.41. The Kier molecular flexibility index (Phi) is 3.90. The summed E-state index contributed by atoms with van der Waals surface area (Å²) < 4.78 is 2.40. The number of unbranched alkanes of at least 4 members (excludes halogenated alkanes) is 1. The molecule has 2 aromatic rings. The lowest BCUT2D eigenvalue weighted by Gasteiger charge is -2.40. The van der Waals surface area contributed by atoms with Gasteiger partial charge in [-0.3, -0.25) is 0 Å². The summed E-state index contributed by atoms with van der Waals surface area (Å²) in [6.07, 6.45) is 8.50. The third kappa shape index (κ3) is 2.57. The number of nitrogens with zero attached hydrogens (tertiary/aromatic N) is 2. The van der Waals surface area contributed by atoms with Crippen molar-refractivity contribution in [1.29, 1.82) is 0 Å². The molecule has 1 atom stereocenters. The summed E-state index contributed by atoms with van der Waals surface area (Å²) >= 11 is 0. The number of benzene rings is 1. The predicted octanol–water partition coefficient (Wildman–Crippen LogP) is 4.38. The monoisotopic (exact) mass is 309 g/mol. The Morgan fingerprint density at radius 1 is 1.09 bits per heavy atom. The van der Waals surface area contributed by atoms with E-state index in [1.165, 1.54) is 68.8 Å². The van der Waals surface area contributed by atoms with Crippen molar-refractivity contribution in [3.63, 3.8) is 0 Å². The number of para-hydroxylation sites is 2. The van der Waals surface area contributed by atoms with Crippen molar-refractivity contribution < 1.29 is 0 Å². The Balaban J connectivity index is 1.65. The van der Waals surface area contributed by atoms with Crippen molar-refractivity contribution in [2.45, 2.75) is 44.6 Å². The lowest BCUT2D eigenvalue weighted by atomic mass is 9.85. The number of nitrogens with one attached hydrogen (secondary N) is 1. The summed E-state index contributed by atoms with van der Waals surface area (Å²) in [4.78, 5) is 2.66. The molecule has 122 valence electrons. The fraction of sp³-hybridized carbons (Fsp3) is 0.500. The van der Waals surface area contributed by atoms with Gasteiger partial charge in [-0.15, -0.1) is 0 Å². The first-order valence-electron chi connectivity index (χ1n) is 9.10. The molecule has 1 N–H and O–H groups in total. The standard InChI is InChI=1S/C20H27N3/c1-2-3-13-22-14-7-11-20(12-16-22)19-10-6-15-23(19)18-9-5-4-8-17(18)21-20/h4-6,8-10,15,21H,2-3,7,11-14,16H2,1H3. The molecule has 3 nitrogen and oxygen atoms in total.